The second kappa shape index (κ2) is 6.69. The maximum Gasteiger partial charge on any atom is 0.225 e. The van der Waals surface area contributed by atoms with Crippen LogP contribution in [0.4, 0.5) is 11.8 Å². The summed E-state index contributed by atoms with van der Waals surface area (Å²) in [4.78, 5) is 13.5. The van der Waals surface area contributed by atoms with Crippen LogP contribution in [0, 0.1) is 0 Å². The number of furan rings is 1. The molecule has 9 heteroatoms. The largest absolute Gasteiger partial charge is 0.461 e. The summed E-state index contributed by atoms with van der Waals surface area (Å²) in [5, 5.41) is 13.3. The fraction of sp³-hybridized carbons (Fsp3) is 0.438. The number of aliphatic hydroxyl groups is 1. The van der Waals surface area contributed by atoms with Gasteiger partial charge in [0, 0.05) is 45.4 Å². The van der Waals surface area contributed by atoms with Crippen molar-refractivity contribution in [2.45, 2.75) is 6.42 Å². The summed E-state index contributed by atoms with van der Waals surface area (Å²) in [6.45, 7) is 4.78. The zero-order valence-electron chi connectivity index (χ0n) is 13.9. The molecular weight excluding hydrogens is 322 g/mol. The van der Waals surface area contributed by atoms with Crippen LogP contribution in [0.3, 0.4) is 0 Å². The number of nitrogen functional groups attached to an aromatic ring is 1. The monoisotopic (exact) mass is 343 g/mol. The molecule has 1 saturated heterocycles. The van der Waals surface area contributed by atoms with Gasteiger partial charge in [0.15, 0.2) is 11.4 Å². The Kier molecular flexibility index (Phi) is 4.24. The number of nitrogens with zero attached hydrogens (tertiary/aromatic N) is 6. The van der Waals surface area contributed by atoms with E-state index in [2.05, 4.69) is 24.9 Å². The molecular formula is C16H21N7O2. The van der Waals surface area contributed by atoms with Gasteiger partial charge in [-0.05, 0) is 18.6 Å². The molecule has 3 N–H and O–H groups in total. The van der Waals surface area contributed by atoms with Gasteiger partial charge < -0.3 is 20.2 Å². The van der Waals surface area contributed by atoms with Crippen LogP contribution in [0.15, 0.2) is 28.9 Å². The van der Waals surface area contributed by atoms with Crippen LogP contribution in [0.5, 0.6) is 0 Å². The van der Waals surface area contributed by atoms with Gasteiger partial charge in [-0.2, -0.15) is 9.50 Å². The Bertz CT molecular complexity index is 838. The number of hydrogen-bond donors (Lipinski definition) is 2. The summed E-state index contributed by atoms with van der Waals surface area (Å²) in [6, 6.07) is 5.51. The minimum atomic E-state index is 0.236. The summed E-state index contributed by atoms with van der Waals surface area (Å²) < 4.78 is 6.87. The molecule has 3 aromatic rings. The number of hydrogen-bond acceptors (Lipinski definition) is 8. The minimum absolute atomic E-state index is 0.236. The Labute approximate surface area is 144 Å². The Morgan fingerprint density at radius 1 is 1.20 bits per heavy atom. The molecule has 0 aliphatic carbocycles. The van der Waals surface area contributed by atoms with Crippen LogP contribution in [-0.2, 0) is 0 Å². The van der Waals surface area contributed by atoms with Crippen molar-refractivity contribution in [2.75, 3.05) is 50.0 Å². The summed E-state index contributed by atoms with van der Waals surface area (Å²) in [7, 11) is 0. The minimum Gasteiger partial charge on any atom is -0.461 e. The number of fused-ring (bicyclic) bond motifs is 1. The van der Waals surface area contributed by atoms with Crippen LogP contribution in [0.2, 0.25) is 0 Å². The molecule has 0 atom stereocenters. The van der Waals surface area contributed by atoms with E-state index in [0.29, 0.717) is 23.2 Å². The van der Waals surface area contributed by atoms with E-state index >= 15 is 0 Å². The maximum atomic E-state index is 8.95. The van der Waals surface area contributed by atoms with Gasteiger partial charge in [0.2, 0.25) is 11.8 Å². The lowest BCUT2D eigenvalue weighted by Crippen LogP contribution is -2.47. The number of aromatic nitrogens is 4. The van der Waals surface area contributed by atoms with Crippen molar-refractivity contribution < 1.29 is 9.52 Å². The third-order valence-electron chi connectivity index (χ3n) is 4.41. The molecule has 1 aliphatic heterocycles. The van der Waals surface area contributed by atoms with E-state index in [-0.39, 0.29) is 6.61 Å². The van der Waals surface area contributed by atoms with E-state index in [1.54, 1.807) is 12.3 Å². The van der Waals surface area contributed by atoms with E-state index in [9.17, 15) is 0 Å². The molecule has 1 aliphatic rings. The van der Waals surface area contributed by atoms with Crippen molar-refractivity contribution in [1.82, 2.24) is 24.5 Å². The van der Waals surface area contributed by atoms with Crippen LogP contribution in [-0.4, -0.2) is 68.9 Å². The first-order valence-electron chi connectivity index (χ1n) is 8.40. The average molecular weight is 343 g/mol. The highest BCUT2D eigenvalue weighted by Crippen LogP contribution is 2.22. The Morgan fingerprint density at radius 2 is 2.04 bits per heavy atom. The highest BCUT2D eigenvalue weighted by Gasteiger charge is 2.20. The molecule has 0 bridgehead atoms. The third-order valence-corrected chi connectivity index (χ3v) is 4.41. The van der Waals surface area contributed by atoms with Crippen molar-refractivity contribution in [3.8, 4) is 11.6 Å². The second-order valence-electron chi connectivity index (χ2n) is 6.06. The first-order chi connectivity index (χ1) is 12.2. The predicted octanol–water partition coefficient (Wildman–Crippen LogP) is 0.471. The van der Waals surface area contributed by atoms with Crippen LogP contribution < -0.4 is 10.6 Å². The molecule has 25 heavy (non-hydrogen) atoms. The van der Waals surface area contributed by atoms with Crippen LogP contribution in [0.25, 0.3) is 17.2 Å². The Hall–Kier alpha value is -2.65. The zero-order chi connectivity index (χ0) is 17.2. The standard InChI is InChI=1S/C16H21N7O2/c17-16-19-13(22-7-5-21(6-8-22)4-2-9-24)11-14-18-15(20-23(14)16)12-3-1-10-25-12/h1,3,10-11,24H,2,4-9H2,(H2,17,19). The molecule has 0 aromatic carbocycles. The van der Waals surface area contributed by atoms with Crippen LogP contribution in [0.1, 0.15) is 6.42 Å². The van der Waals surface area contributed by atoms with Gasteiger partial charge in [0.05, 0.1) is 6.26 Å². The van der Waals surface area contributed by atoms with E-state index < -0.39 is 0 Å². The predicted molar refractivity (Wildman–Crippen MR) is 93.3 cm³/mol. The van der Waals surface area contributed by atoms with Crippen molar-refractivity contribution in [2.24, 2.45) is 0 Å². The zero-order valence-corrected chi connectivity index (χ0v) is 13.9. The lowest BCUT2D eigenvalue weighted by molar-refractivity contribution is 0.215. The first-order valence-corrected chi connectivity index (χ1v) is 8.40. The van der Waals surface area contributed by atoms with Gasteiger partial charge >= 0.3 is 0 Å². The number of rotatable bonds is 5. The van der Waals surface area contributed by atoms with Gasteiger partial charge in [0.25, 0.3) is 0 Å². The molecule has 0 saturated carbocycles. The molecule has 4 heterocycles. The van der Waals surface area contributed by atoms with E-state index in [1.807, 2.05) is 12.1 Å². The van der Waals surface area contributed by atoms with Crippen molar-refractivity contribution in [3.05, 3.63) is 24.5 Å². The first kappa shape index (κ1) is 15.9. The summed E-state index contributed by atoms with van der Waals surface area (Å²) in [5.74, 6) is 2.21. The fourth-order valence-electron chi connectivity index (χ4n) is 3.07. The van der Waals surface area contributed by atoms with Gasteiger partial charge in [0.1, 0.15) is 5.82 Å². The fourth-order valence-corrected chi connectivity index (χ4v) is 3.07. The molecule has 9 nitrogen and oxygen atoms in total. The summed E-state index contributed by atoms with van der Waals surface area (Å²) >= 11 is 0. The van der Waals surface area contributed by atoms with E-state index in [1.165, 1.54) is 4.52 Å². The highest BCUT2D eigenvalue weighted by atomic mass is 16.3. The van der Waals surface area contributed by atoms with Gasteiger partial charge in [-0.15, -0.1) is 5.10 Å². The smallest absolute Gasteiger partial charge is 0.225 e. The maximum absolute atomic E-state index is 8.95. The molecule has 4 rings (SSSR count). The lowest BCUT2D eigenvalue weighted by Gasteiger charge is -2.35. The van der Waals surface area contributed by atoms with Crippen molar-refractivity contribution in [1.29, 1.82) is 0 Å². The third kappa shape index (κ3) is 3.15. The van der Waals surface area contributed by atoms with E-state index in [0.717, 1.165) is 45.0 Å². The average Bonchev–Trinajstić information content (AvgIpc) is 3.29. The molecule has 132 valence electrons. The number of aliphatic hydroxyl groups excluding tert-OH is 1. The van der Waals surface area contributed by atoms with Crippen molar-refractivity contribution >= 4 is 17.4 Å². The number of anilines is 2. The van der Waals surface area contributed by atoms with Gasteiger partial charge in [-0.1, -0.05) is 0 Å². The number of piperazine rings is 1. The van der Waals surface area contributed by atoms with E-state index in [4.69, 9.17) is 15.3 Å². The summed E-state index contributed by atoms with van der Waals surface area (Å²) in [6.07, 6.45) is 2.40. The molecule has 0 unspecified atom stereocenters. The van der Waals surface area contributed by atoms with Crippen LogP contribution >= 0.6 is 0 Å². The topological polar surface area (TPSA) is 109 Å². The number of nitrogens with two attached hydrogens (primary N) is 1. The van der Waals surface area contributed by atoms with Gasteiger partial charge in [-0.25, -0.2) is 4.98 Å². The molecule has 1 fully saturated rings. The Morgan fingerprint density at radius 3 is 2.76 bits per heavy atom. The molecule has 0 radical (unpaired) electrons. The normalized spacial score (nSPS) is 16.0. The second-order valence-corrected chi connectivity index (χ2v) is 6.06. The summed E-state index contributed by atoms with van der Waals surface area (Å²) in [5.41, 5.74) is 6.73. The SMILES string of the molecule is Nc1nc(N2CCN(CCCO)CC2)cc2nc(-c3ccco3)nn12. The van der Waals surface area contributed by atoms with Gasteiger partial charge in [-0.3, -0.25) is 4.90 Å². The Balaban J connectivity index is 1.55. The molecule has 0 amide bonds. The molecule has 0 spiro atoms. The quantitative estimate of drug-likeness (QED) is 0.688. The lowest BCUT2D eigenvalue weighted by atomic mass is 10.3. The van der Waals surface area contributed by atoms with Crippen molar-refractivity contribution in [3.63, 3.8) is 0 Å². The highest BCUT2D eigenvalue weighted by molar-refractivity contribution is 5.59. The molecule has 3 aromatic heterocycles.